The molecule has 11 nitrogen and oxygen atoms in total. The number of carbonyl (C=O) groups excluding carboxylic acids is 6. The molecule has 0 aliphatic carbocycles. The third-order valence-electron chi connectivity index (χ3n) is 5.32. The van der Waals surface area contributed by atoms with Gasteiger partial charge in [-0.3, -0.25) is 39.0 Å². The number of benzene rings is 1. The minimum Gasteiger partial charge on any atom is -0.491 e. The Morgan fingerprint density at radius 3 is 2.54 bits per heavy atom. The molecule has 1 unspecified atom stereocenters. The molecule has 2 aliphatic rings. The van der Waals surface area contributed by atoms with E-state index in [0.29, 0.717) is 6.42 Å². The van der Waals surface area contributed by atoms with Gasteiger partial charge in [0.25, 0.3) is 11.8 Å². The van der Waals surface area contributed by atoms with Gasteiger partial charge in [0, 0.05) is 19.3 Å². The molecule has 3 rings (SSSR count). The van der Waals surface area contributed by atoms with Crippen molar-refractivity contribution in [3.05, 3.63) is 29.3 Å². The van der Waals surface area contributed by atoms with Gasteiger partial charge in [0.05, 0.1) is 17.7 Å². The zero-order valence-electron chi connectivity index (χ0n) is 20.0. The van der Waals surface area contributed by atoms with E-state index in [0.717, 1.165) is 4.90 Å². The van der Waals surface area contributed by atoms with Crippen molar-refractivity contribution in [2.45, 2.75) is 64.5 Å². The van der Waals surface area contributed by atoms with Crippen LogP contribution in [-0.4, -0.2) is 65.2 Å². The van der Waals surface area contributed by atoms with Crippen LogP contribution in [0.2, 0.25) is 0 Å². The Morgan fingerprint density at radius 2 is 1.86 bits per heavy atom. The number of nitrogens with one attached hydrogen (secondary N) is 2. The van der Waals surface area contributed by atoms with Gasteiger partial charge in [0.2, 0.25) is 17.7 Å². The van der Waals surface area contributed by atoms with Crippen molar-refractivity contribution in [3.63, 3.8) is 0 Å². The number of piperidine rings is 1. The number of fused-ring (bicyclic) bond motifs is 1. The van der Waals surface area contributed by atoms with Crippen molar-refractivity contribution < 1.29 is 38.2 Å². The molecule has 2 aliphatic heterocycles. The van der Waals surface area contributed by atoms with E-state index in [9.17, 15) is 28.8 Å². The molecular weight excluding hydrogens is 458 g/mol. The number of hydrogen-bond acceptors (Lipinski definition) is 8. The predicted octanol–water partition coefficient (Wildman–Crippen LogP) is 1.09. The molecule has 0 aromatic heterocycles. The minimum atomic E-state index is -1.06. The topological polar surface area (TPSA) is 148 Å². The molecule has 1 saturated heterocycles. The van der Waals surface area contributed by atoms with E-state index < -0.39 is 35.3 Å². The molecule has 35 heavy (non-hydrogen) atoms. The predicted molar refractivity (Wildman–Crippen MR) is 121 cm³/mol. The molecule has 5 amide bonds. The number of imide groups is 2. The summed E-state index contributed by atoms with van der Waals surface area (Å²) in [4.78, 5) is 74.0. The first-order valence-corrected chi connectivity index (χ1v) is 11.4. The van der Waals surface area contributed by atoms with Crippen LogP contribution in [0.25, 0.3) is 0 Å². The Kier molecular flexibility index (Phi) is 7.88. The number of esters is 1. The third kappa shape index (κ3) is 6.43. The van der Waals surface area contributed by atoms with Gasteiger partial charge in [0.15, 0.2) is 0 Å². The molecule has 0 spiro atoms. The lowest BCUT2D eigenvalue weighted by Gasteiger charge is -2.27. The molecule has 2 N–H and O–H groups in total. The van der Waals surface area contributed by atoms with Gasteiger partial charge in [-0.25, -0.2) is 0 Å². The molecule has 1 aromatic rings. The summed E-state index contributed by atoms with van der Waals surface area (Å²) in [5.41, 5.74) is -0.409. The maximum Gasteiger partial charge on any atom is 0.306 e. The summed E-state index contributed by atoms with van der Waals surface area (Å²) in [7, 11) is 0. The van der Waals surface area contributed by atoms with Gasteiger partial charge in [-0.1, -0.05) is 6.07 Å². The fourth-order valence-electron chi connectivity index (χ4n) is 3.83. The number of carbonyl (C=O) groups is 6. The molecule has 188 valence electrons. The smallest absolute Gasteiger partial charge is 0.306 e. The Morgan fingerprint density at radius 1 is 1.11 bits per heavy atom. The van der Waals surface area contributed by atoms with E-state index in [4.69, 9.17) is 9.47 Å². The van der Waals surface area contributed by atoms with Crippen LogP contribution in [0.1, 0.15) is 73.6 Å². The Hall–Kier alpha value is -3.76. The highest BCUT2D eigenvalue weighted by Gasteiger charge is 2.45. The number of rotatable bonds is 9. The van der Waals surface area contributed by atoms with Gasteiger partial charge < -0.3 is 14.8 Å². The zero-order chi connectivity index (χ0) is 25.8. The zero-order valence-corrected chi connectivity index (χ0v) is 20.0. The van der Waals surface area contributed by atoms with Crippen LogP contribution in [0.15, 0.2) is 18.2 Å². The van der Waals surface area contributed by atoms with Gasteiger partial charge in [0.1, 0.15) is 24.0 Å². The first-order chi connectivity index (χ1) is 16.5. The summed E-state index contributed by atoms with van der Waals surface area (Å²) in [5, 5.41) is 4.82. The number of hydrogen-bond donors (Lipinski definition) is 2. The maximum atomic E-state index is 13.0. The molecular formula is C24H29N3O8. The Balaban J connectivity index is 1.50. The summed E-state index contributed by atoms with van der Waals surface area (Å²) >= 11 is 0. The van der Waals surface area contributed by atoms with Crippen LogP contribution in [0.5, 0.6) is 5.75 Å². The van der Waals surface area contributed by atoms with E-state index in [-0.39, 0.29) is 67.6 Å². The highest BCUT2D eigenvalue weighted by molar-refractivity contribution is 6.24. The molecule has 0 bridgehead atoms. The van der Waals surface area contributed by atoms with Gasteiger partial charge in [-0.2, -0.15) is 0 Å². The average molecular weight is 488 g/mol. The molecule has 0 radical (unpaired) electrons. The minimum absolute atomic E-state index is 0.0324. The highest BCUT2D eigenvalue weighted by atomic mass is 16.6. The van der Waals surface area contributed by atoms with E-state index in [1.807, 2.05) is 0 Å². The Bertz CT molecular complexity index is 1060. The fourth-order valence-corrected chi connectivity index (χ4v) is 3.83. The third-order valence-corrected chi connectivity index (χ3v) is 5.32. The summed E-state index contributed by atoms with van der Waals surface area (Å²) in [5.74, 6) is -2.88. The van der Waals surface area contributed by atoms with Crippen LogP contribution in [0.4, 0.5) is 0 Å². The standard InChI is InChI=1S/C24H29N3O8/c1-24(2,3)35-19(30)9-5-8-17(28)25-12-13-34-16-7-4-6-14-20(16)23(33)27(22(14)32)15-10-11-18(29)26-21(15)31/h4,6-7,15H,5,8-13H2,1-3H3,(H,25,28)(H,26,29,31). The summed E-state index contributed by atoms with van der Waals surface area (Å²) in [6.45, 7) is 5.50. The van der Waals surface area contributed by atoms with Crippen LogP contribution in [-0.2, 0) is 23.9 Å². The number of ether oxygens (including phenoxy) is 2. The fraction of sp³-hybridized carbons (Fsp3) is 0.500. The lowest BCUT2D eigenvalue weighted by atomic mass is 10.0. The Labute approximate surface area is 202 Å². The average Bonchev–Trinajstić information content (AvgIpc) is 3.01. The lowest BCUT2D eigenvalue weighted by Crippen LogP contribution is -2.54. The normalized spacial score (nSPS) is 17.7. The molecule has 1 atom stereocenters. The van der Waals surface area contributed by atoms with E-state index in [1.54, 1.807) is 26.8 Å². The highest BCUT2D eigenvalue weighted by Crippen LogP contribution is 2.33. The first kappa shape index (κ1) is 25.9. The maximum absolute atomic E-state index is 13.0. The van der Waals surface area contributed by atoms with Crippen molar-refractivity contribution in [1.29, 1.82) is 0 Å². The second kappa shape index (κ2) is 10.7. The molecule has 0 saturated carbocycles. The largest absolute Gasteiger partial charge is 0.491 e. The van der Waals surface area contributed by atoms with Crippen molar-refractivity contribution in [2.75, 3.05) is 13.2 Å². The van der Waals surface area contributed by atoms with Crippen molar-refractivity contribution in [3.8, 4) is 5.75 Å². The molecule has 2 heterocycles. The van der Waals surface area contributed by atoms with Crippen LogP contribution in [0.3, 0.4) is 0 Å². The van der Waals surface area contributed by atoms with E-state index >= 15 is 0 Å². The SMILES string of the molecule is CC(C)(C)OC(=O)CCCC(=O)NCCOc1cccc2c1C(=O)N(C1CCC(=O)NC1=O)C2=O. The van der Waals surface area contributed by atoms with Crippen molar-refractivity contribution >= 4 is 35.5 Å². The summed E-state index contributed by atoms with van der Waals surface area (Å²) in [6, 6.07) is 3.50. The molecule has 11 heteroatoms. The van der Waals surface area contributed by atoms with Crippen molar-refractivity contribution in [2.24, 2.45) is 0 Å². The lowest BCUT2D eigenvalue weighted by molar-refractivity contribution is -0.155. The quantitative estimate of drug-likeness (QED) is 0.299. The molecule has 1 aromatic carbocycles. The van der Waals surface area contributed by atoms with Crippen molar-refractivity contribution in [1.82, 2.24) is 15.5 Å². The van der Waals surface area contributed by atoms with Crippen LogP contribution in [0, 0.1) is 0 Å². The summed E-state index contributed by atoms with van der Waals surface area (Å²) < 4.78 is 10.8. The van der Waals surface area contributed by atoms with Gasteiger partial charge in [-0.15, -0.1) is 0 Å². The van der Waals surface area contributed by atoms with Gasteiger partial charge in [-0.05, 0) is 45.7 Å². The second-order valence-electron chi connectivity index (χ2n) is 9.26. The van der Waals surface area contributed by atoms with Gasteiger partial charge >= 0.3 is 5.97 Å². The van der Waals surface area contributed by atoms with E-state index in [2.05, 4.69) is 10.6 Å². The van der Waals surface area contributed by atoms with Crippen LogP contribution >= 0.6 is 0 Å². The second-order valence-corrected chi connectivity index (χ2v) is 9.26. The van der Waals surface area contributed by atoms with E-state index in [1.165, 1.54) is 12.1 Å². The molecule has 1 fully saturated rings. The first-order valence-electron chi connectivity index (χ1n) is 11.4. The van der Waals surface area contributed by atoms with Crippen LogP contribution < -0.4 is 15.4 Å². The number of nitrogens with zero attached hydrogens (tertiary/aromatic N) is 1. The number of amides is 5. The monoisotopic (exact) mass is 487 g/mol. The summed E-state index contributed by atoms with van der Waals surface area (Å²) in [6.07, 6.45) is 0.725.